The summed E-state index contributed by atoms with van der Waals surface area (Å²) in [5, 5.41) is 4.75. The zero-order valence-electron chi connectivity index (χ0n) is 16.3. The number of carbonyl (C=O) groups is 1. The van der Waals surface area contributed by atoms with Gasteiger partial charge in [-0.15, -0.1) is 13.2 Å². The number of rotatable bonds is 5. The van der Waals surface area contributed by atoms with Gasteiger partial charge in [0.1, 0.15) is 11.4 Å². The summed E-state index contributed by atoms with van der Waals surface area (Å²) in [5.41, 5.74) is 5.34. The van der Waals surface area contributed by atoms with Gasteiger partial charge in [-0.3, -0.25) is 4.79 Å². The maximum Gasteiger partial charge on any atom is 0.573 e. The molecule has 0 atom stereocenters. The van der Waals surface area contributed by atoms with Gasteiger partial charge in [0.2, 0.25) is 0 Å². The second-order valence-electron chi connectivity index (χ2n) is 6.74. The van der Waals surface area contributed by atoms with Gasteiger partial charge in [-0.05, 0) is 41.5 Å². The molecule has 9 heteroatoms. The molecule has 162 valence electrons. The fraction of sp³-hybridized carbons (Fsp3) is 0.0435. The Morgan fingerprint density at radius 1 is 1.00 bits per heavy atom. The number of benzene rings is 3. The van der Waals surface area contributed by atoms with Crippen molar-refractivity contribution in [3.8, 4) is 16.9 Å². The number of carbonyl (C=O) groups excluding carboxylic acids is 1. The molecule has 32 heavy (non-hydrogen) atoms. The fourth-order valence-electron chi connectivity index (χ4n) is 3.21. The van der Waals surface area contributed by atoms with Gasteiger partial charge in [0.25, 0.3) is 5.91 Å². The summed E-state index contributed by atoms with van der Waals surface area (Å²) in [5.74, 6) is -0.827. The minimum absolute atomic E-state index is 0.239. The molecule has 3 aromatic carbocycles. The van der Waals surface area contributed by atoms with Gasteiger partial charge in [-0.2, -0.15) is 5.10 Å². The molecule has 1 aromatic heterocycles. The number of fused-ring (bicyclic) bond motifs is 1. The average Bonchev–Trinajstić information content (AvgIpc) is 3.14. The molecule has 5 nitrogen and oxygen atoms in total. The summed E-state index contributed by atoms with van der Waals surface area (Å²) in [7, 11) is 0. The van der Waals surface area contributed by atoms with Crippen molar-refractivity contribution in [3.63, 3.8) is 0 Å². The maximum atomic E-state index is 12.9. The summed E-state index contributed by atoms with van der Waals surface area (Å²) in [6.45, 7) is 0. The number of hydrogen-bond acceptors (Lipinski definition) is 3. The topological polar surface area (TPSA) is 66.5 Å². The molecule has 4 rings (SSSR count). The molecule has 1 amide bonds. The van der Waals surface area contributed by atoms with E-state index in [1.54, 1.807) is 0 Å². The number of para-hydroxylation sites is 1. The van der Waals surface area contributed by atoms with Crippen LogP contribution in [0.15, 0.2) is 82.4 Å². The van der Waals surface area contributed by atoms with Crippen LogP contribution in [-0.4, -0.2) is 23.5 Å². The lowest BCUT2D eigenvalue weighted by Crippen LogP contribution is -2.19. The lowest BCUT2D eigenvalue weighted by molar-refractivity contribution is -0.274. The van der Waals surface area contributed by atoms with Gasteiger partial charge in [-0.25, -0.2) is 5.43 Å². The molecule has 0 unspecified atom stereocenters. The van der Waals surface area contributed by atoms with E-state index < -0.39 is 12.3 Å². The maximum absolute atomic E-state index is 12.9. The van der Waals surface area contributed by atoms with E-state index in [0.29, 0.717) is 16.6 Å². The molecule has 0 aliphatic carbocycles. The smallest absolute Gasteiger partial charge is 0.406 e. The molecule has 4 aromatic rings. The van der Waals surface area contributed by atoms with Gasteiger partial charge < -0.3 is 9.72 Å². The Labute approximate surface area is 189 Å². The molecular formula is C23H15BrF3N3O2. The number of halogens is 4. The molecule has 0 saturated heterocycles. The summed E-state index contributed by atoms with van der Waals surface area (Å²) in [4.78, 5) is 15.9. The van der Waals surface area contributed by atoms with E-state index >= 15 is 0 Å². The Kier molecular flexibility index (Phi) is 6.00. The second kappa shape index (κ2) is 8.88. The zero-order chi connectivity index (χ0) is 22.7. The van der Waals surface area contributed by atoms with Gasteiger partial charge in [-0.1, -0.05) is 58.4 Å². The molecule has 0 bridgehead atoms. The molecule has 1 heterocycles. The second-order valence-corrected chi connectivity index (χ2v) is 7.66. The summed E-state index contributed by atoms with van der Waals surface area (Å²) < 4.78 is 42.2. The summed E-state index contributed by atoms with van der Waals surface area (Å²) in [6.07, 6.45) is -3.27. The standard InChI is InChI=1S/C23H15BrF3N3O2/c24-16-9-5-14(6-10-16)13-28-30-22(31)21-20(18-3-1-2-4-19(18)29-21)15-7-11-17(12-8-15)32-23(25,26)27/h1-13,29H,(H,30,31). The number of H-pyrrole nitrogens is 1. The highest BCUT2D eigenvalue weighted by Crippen LogP contribution is 2.34. The molecule has 0 radical (unpaired) electrons. The lowest BCUT2D eigenvalue weighted by atomic mass is 10.0. The molecule has 0 spiro atoms. The molecule has 0 saturated carbocycles. The minimum Gasteiger partial charge on any atom is -0.406 e. The minimum atomic E-state index is -4.78. The van der Waals surface area contributed by atoms with Crippen molar-refractivity contribution >= 4 is 39.0 Å². The number of hydrazone groups is 1. The van der Waals surface area contributed by atoms with Crippen LogP contribution in [-0.2, 0) is 0 Å². The van der Waals surface area contributed by atoms with Crippen molar-refractivity contribution in [2.75, 3.05) is 0 Å². The number of nitrogens with one attached hydrogen (secondary N) is 2. The molecule has 0 aliphatic heterocycles. The summed E-state index contributed by atoms with van der Waals surface area (Å²) in [6, 6.07) is 20.0. The Hall–Kier alpha value is -3.59. The first-order valence-electron chi connectivity index (χ1n) is 9.36. The quantitative estimate of drug-likeness (QED) is 0.250. The van der Waals surface area contributed by atoms with Crippen LogP contribution < -0.4 is 10.2 Å². The van der Waals surface area contributed by atoms with Crippen molar-refractivity contribution in [2.45, 2.75) is 6.36 Å². The number of hydrogen-bond donors (Lipinski definition) is 2. The van der Waals surface area contributed by atoms with Gasteiger partial charge in [0, 0.05) is 20.9 Å². The van der Waals surface area contributed by atoms with Crippen LogP contribution in [0, 0.1) is 0 Å². The van der Waals surface area contributed by atoms with E-state index in [0.717, 1.165) is 15.4 Å². The van der Waals surface area contributed by atoms with E-state index in [4.69, 9.17) is 0 Å². The molecule has 0 aliphatic rings. The Morgan fingerprint density at radius 2 is 1.69 bits per heavy atom. The predicted octanol–water partition coefficient (Wildman–Crippen LogP) is 6.26. The Morgan fingerprint density at radius 3 is 2.38 bits per heavy atom. The van der Waals surface area contributed by atoms with Crippen LogP contribution in [0.4, 0.5) is 13.2 Å². The van der Waals surface area contributed by atoms with Gasteiger partial charge >= 0.3 is 6.36 Å². The predicted molar refractivity (Wildman–Crippen MR) is 120 cm³/mol. The van der Waals surface area contributed by atoms with E-state index in [1.165, 1.54) is 30.5 Å². The van der Waals surface area contributed by atoms with Gasteiger partial charge in [0.05, 0.1) is 6.21 Å². The zero-order valence-corrected chi connectivity index (χ0v) is 17.9. The van der Waals surface area contributed by atoms with Gasteiger partial charge in [0.15, 0.2) is 0 Å². The molecule has 2 N–H and O–H groups in total. The third kappa shape index (κ3) is 5.00. The van der Waals surface area contributed by atoms with E-state index in [9.17, 15) is 18.0 Å². The average molecular weight is 502 g/mol. The first kappa shape index (κ1) is 21.6. The van der Waals surface area contributed by atoms with Crippen LogP contribution in [0.2, 0.25) is 0 Å². The number of nitrogens with zero attached hydrogens (tertiary/aromatic N) is 1. The number of aromatic amines is 1. The lowest BCUT2D eigenvalue weighted by Gasteiger charge is -2.10. The van der Waals surface area contributed by atoms with Crippen LogP contribution in [0.3, 0.4) is 0 Å². The largest absolute Gasteiger partial charge is 0.573 e. The first-order chi connectivity index (χ1) is 15.3. The number of amides is 1. The number of ether oxygens (including phenoxy) is 1. The van der Waals surface area contributed by atoms with Crippen molar-refractivity contribution in [1.82, 2.24) is 10.4 Å². The highest BCUT2D eigenvalue weighted by atomic mass is 79.9. The van der Waals surface area contributed by atoms with Crippen LogP contribution >= 0.6 is 15.9 Å². The summed E-state index contributed by atoms with van der Waals surface area (Å²) >= 11 is 3.35. The monoisotopic (exact) mass is 501 g/mol. The fourth-order valence-corrected chi connectivity index (χ4v) is 3.47. The molecular weight excluding hydrogens is 487 g/mol. The third-order valence-corrected chi connectivity index (χ3v) is 5.09. The highest BCUT2D eigenvalue weighted by Gasteiger charge is 2.31. The third-order valence-electron chi connectivity index (χ3n) is 4.56. The van der Waals surface area contributed by atoms with Crippen molar-refractivity contribution in [3.05, 3.63) is 88.5 Å². The normalized spacial score (nSPS) is 11.8. The number of alkyl halides is 3. The van der Waals surface area contributed by atoms with E-state index in [2.05, 4.69) is 36.2 Å². The Bertz CT molecular complexity index is 1280. The SMILES string of the molecule is O=C(NN=Cc1ccc(Br)cc1)c1[nH]c2ccccc2c1-c1ccc(OC(F)(F)F)cc1. The van der Waals surface area contributed by atoms with E-state index in [-0.39, 0.29) is 11.4 Å². The van der Waals surface area contributed by atoms with Crippen molar-refractivity contribution in [2.24, 2.45) is 5.10 Å². The van der Waals surface area contributed by atoms with Crippen LogP contribution in [0.25, 0.3) is 22.0 Å². The first-order valence-corrected chi connectivity index (χ1v) is 10.2. The van der Waals surface area contributed by atoms with E-state index in [1.807, 2.05) is 48.5 Å². The highest BCUT2D eigenvalue weighted by molar-refractivity contribution is 9.10. The van der Waals surface area contributed by atoms with Crippen molar-refractivity contribution in [1.29, 1.82) is 0 Å². The Balaban J connectivity index is 1.64. The molecule has 0 fully saturated rings. The number of aromatic nitrogens is 1. The van der Waals surface area contributed by atoms with Crippen LogP contribution in [0.5, 0.6) is 5.75 Å². The van der Waals surface area contributed by atoms with Crippen molar-refractivity contribution < 1.29 is 22.7 Å². The van der Waals surface area contributed by atoms with Crippen LogP contribution in [0.1, 0.15) is 16.1 Å².